The number of nitrogens with zero attached hydrogens (tertiary/aromatic N) is 1. The lowest BCUT2D eigenvalue weighted by Gasteiger charge is -2.46. The molecule has 0 saturated carbocycles. The van der Waals surface area contributed by atoms with Crippen LogP contribution >= 0.6 is 0 Å². The molecule has 1 aromatic carbocycles. The van der Waals surface area contributed by atoms with E-state index in [1.54, 1.807) is 0 Å². The van der Waals surface area contributed by atoms with Crippen molar-refractivity contribution in [2.75, 3.05) is 13.1 Å². The fraction of sp³-hybridized carbons (Fsp3) is 0.526. The molecule has 0 N–H and O–H groups in total. The largest absolute Gasteiger partial charge is 0.298 e. The van der Waals surface area contributed by atoms with Gasteiger partial charge in [0.05, 0.1) is 0 Å². The van der Waals surface area contributed by atoms with Crippen LogP contribution in [-0.2, 0) is 11.3 Å². The molecular weight excluding hydrogens is 258 g/mol. The zero-order chi connectivity index (χ0) is 14.9. The molecule has 0 spiro atoms. The molecule has 1 atom stereocenters. The van der Waals surface area contributed by atoms with Crippen molar-refractivity contribution in [2.45, 2.75) is 46.1 Å². The van der Waals surface area contributed by atoms with E-state index in [1.807, 2.05) is 0 Å². The zero-order valence-electron chi connectivity index (χ0n) is 13.2. The molecule has 2 heteroatoms. The molecule has 0 bridgehead atoms. The Balaban J connectivity index is 1.79. The summed E-state index contributed by atoms with van der Waals surface area (Å²) < 4.78 is 0. The Morgan fingerprint density at radius 2 is 1.95 bits per heavy atom. The predicted molar refractivity (Wildman–Crippen MR) is 86.0 cm³/mol. The third-order valence-corrected chi connectivity index (χ3v) is 5.19. The summed E-state index contributed by atoms with van der Waals surface area (Å²) in [5, 5.41) is 0. The quantitative estimate of drug-likeness (QED) is 0.836. The van der Waals surface area contributed by atoms with E-state index in [1.165, 1.54) is 11.1 Å². The molecule has 1 aliphatic heterocycles. The number of hydrogen-bond donors (Lipinski definition) is 0. The smallest absolute Gasteiger partial charge is 0.158 e. The monoisotopic (exact) mass is 283 g/mol. The lowest BCUT2D eigenvalue weighted by molar-refractivity contribution is -0.117. The van der Waals surface area contributed by atoms with Crippen molar-refractivity contribution in [3.05, 3.63) is 47.0 Å². The lowest BCUT2D eigenvalue weighted by atomic mass is 9.67. The zero-order valence-corrected chi connectivity index (χ0v) is 13.2. The number of piperidine rings is 1. The second-order valence-electron chi connectivity index (χ2n) is 6.74. The first kappa shape index (κ1) is 14.5. The topological polar surface area (TPSA) is 20.3 Å². The van der Waals surface area contributed by atoms with Gasteiger partial charge in [-0.05, 0) is 30.4 Å². The maximum atomic E-state index is 12.1. The van der Waals surface area contributed by atoms with Gasteiger partial charge in [0.25, 0.3) is 0 Å². The summed E-state index contributed by atoms with van der Waals surface area (Å²) in [7, 11) is 0. The van der Waals surface area contributed by atoms with Gasteiger partial charge in [-0.2, -0.15) is 0 Å². The molecule has 21 heavy (non-hydrogen) atoms. The molecule has 2 nitrogen and oxygen atoms in total. The average molecular weight is 283 g/mol. The fourth-order valence-corrected chi connectivity index (χ4v) is 4.08. The summed E-state index contributed by atoms with van der Waals surface area (Å²) in [6.45, 7) is 7.69. The molecule has 1 heterocycles. The maximum absolute atomic E-state index is 12.1. The molecule has 1 aliphatic carbocycles. The van der Waals surface area contributed by atoms with Gasteiger partial charge in [0.1, 0.15) is 0 Å². The number of ketones is 1. The van der Waals surface area contributed by atoms with E-state index in [0.29, 0.717) is 5.78 Å². The molecule has 0 unspecified atom stereocenters. The van der Waals surface area contributed by atoms with Crippen LogP contribution in [0.15, 0.2) is 41.5 Å². The highest BCUT2D eigenvalue weighted by Gasteiger charge is 2.40. The van der Waals surface area contributed by atoms with Crippen LogP contribution in [0.3, 0.4) is 0 Å². The lowest BCUT2D eigenvalue weighted by Crippen LogP contribution is -2.45. The minimum Gasteiger partial charge on any atom is -0.298 e. The van der Waals surface area contributed by atoms with E-state index in [-0.39, 0.29) is 5.41 Å². The molecule has 2 aliphatic rings. The van der Waals surface area contributed by atoms with Crippen LogP contribution in [0.25, 0.3) is 0 Å². The number of benzene rings is 1. The van der Waals surface area contributed by atoms with E-state index in [2.05, 4.69) is 49.1 Å². The number of rotatable bonds is 3. The first-order valence-electron chi connectivity index (χ1n) is 8.14. The summed E-state index contributed by atoms with van der Waals surface area (Å²) in [4.78, 5) is 14.7. The van der Waals surface area contributed by atoms with E-state index < -0.39 is 0 Å². The van der Waals surface area contributed by atoms with Gasteiger partial charge in [0.15, 0.2) is 5.78 Å². The van der Waals surface area contributed by atoms with E-state index >= 15 is 0 Å². The SMILES string of the molecule is CCC1=C2CCN(Cc3ccccc3)C[C@]2(C)CCC1=O. The number of carbonyl (C=O) groups is 1. The highest BCUT2D eigenvalue weighted by atomic mass is 16.1. The Bertz CT molecular complexity index is 560. The van der Waals surface area contributed by atoms with Crippen LogP contribution in [0, 0.1) is 5.41 Å². The second kappa shape index (κ2) is 5.76. The van der Waals surface area contributed by atoms with Gasteiger partial charge >= 0.3 is 0 Å². The first-order chi connectivity index (χ1) is 10.1. The third kappa shape index (κ3) is 2.82. The van der Waals surface area contributed by atoms with Crippen molar-refractivity contribution in [3.8, 4) is 0 Å². The fourth-order valence-electron chi connectivity index (χ4n) is 4.08. The predicted octanol–water partition coefficient (Wildman–Crippen LogP) is 3.97. The molecule has 1 fully saturated rings. The molecule has 1 saturated heterocycles. The minimum atomic E-state index is 0.215. The molecule has 1 aromatic rings. The number of likely N-dealkylation sites (tertiary alicyclic amines) is 1. The van der Waals surface area contributed by atoms with E-state index in [9.17, 15) is 4.79 Å². The average Bonchev–Trinajstić information content (AvgIpc) is 2.49. The van der Waals surface area contributed by atoms with Crippen molar-refractivity contribution >= 4 is 5.78 Å². The van der Waals surface area contributed by atoms with Crippen LogP contribution in [0.5, 0.6) is 0 Å². The second-order valence-corrected chi connectivity index (χ2v) is 6.74. The molecule has 3 rings (SSSR count). The Hall–Kier alpha value is -1.41. The third-order valence-electron chi connectivity index (χ3n) is 5.19. The number of fused-ring (bicyclic) bond motifs is 1. The summed E-state index contributed by atoms with van der Waals surface area (Å²) in [6, 6.07) is 10.7. The highest BCUT2D eigenvalue weighted by molar-refractivity contribution is 5.97. The molecular formula is C19H25NO. The van der Waals surface area contributed by atoms with Gasteiger partial charge in [-0.25, -0.2) is 0 Å². The van der Waals surface area contributed by atoms with Crippen LogP contribution in [0.1, 0.15) is 45.1 Å². The summed E-state index contributed by atoms with van der Waals surface area (Å²) in [6.07, 6.45) is 3.74. The Morgan fingerprint density at radius 1 is 1.19 bits per heavy atom. The van der Waals surface area contributed by atoms with Gasteiger partial charge in [0.2, 0.25) is 0 Å². The summed E-state index contributed by atoms with van der Waals surface area (Å²) in [5.41, 5.74) is 4.21. The number of hydrogen-bond acceptors (Lipinski definition) is 2. The van der Waals surface area contributed by atoms with Gasteiger partial charge in [-0.3, -0.25) is 9.69 Å². The minimum absolute atomic E-state index is 0.215. The van der Waals surface area contributed by atoms with Gasteiger partial charge in [-0.1, -0.05) is 49.8 Å². The van der Waals surface area contributed by atoms with Crippen molar-refractivity contribution in [1.29, 1.82) is 0 Å². The summed E-state index contributed by atoms with van der Waals surface area (Å²) >= 11 is 0. The van der Waals surface area contributed by atoms with Crippen LogP contribution in [0.4, 0.5) is 0 Å². The highest BCUT2D eigenvalue weighted by Crippen LogP contribution is 2.45. The van der Waals surface area contributed by atoms with Gasteiger partial charge < -0.3 is 0 Å². The van der Waals surface area contributed by atoms with E-state index in [4.69, 9.17) is 0 Å². The maximum Gasteiger partial charge on any atom is 0.158 e. The number of Topliss-reactive ketones (excluding diaryl/α,β-unsaturated/α-hetero) is 1. The standard InChI is InChI=1S/C19H25NO/c1-3-16-17-10-12-20(13-15-7-5-4-6-8-15)14-19(17,2)11-9-18(16)21/h4-8H,3,9-14H2,1-2H3/t19-/m0/s1. The molecule has 112 valence electrons. The Kier molecular flexibility index (Phi) is 3.99. The molecule has 0 amide bonds. The number of carbonyl (C=O) groups excluding carboxylic acids is 1. The van der Waals surface area contributed by atoms with Crippen LogP contribution < -0.4 is 0 Å². The van der Waals surface area contributed by atoms with Crippen molar-refractivity contribution < 1.29 is 4.79 Å². The van der Waals surface area contributed by atoms with Crippen LogP contribution in [0.2, 0.25) is 0 Å². The Morgan fingerprint density at radius 3 is 2.67 bits per heavy atom. The molecule has 0 radical (unpaired) electrons. The van der Waals surface area contributed by atoms with E-state index in [0.717, 1.165) is 50.9 Å². The van der Waals surface area contributed by atoms with Crippen molar-refractivity contribution in [2.24, 2.45) is 5.41 Å². The van der Waals surface area contributed by atoms with Crippen LogP contribution in [-0.4, -0.2) is 23.8 Å². The number of allylic oxidation sites excluding steroid dienone is 1. The van der Waals surface area contributed by atoms with Crippen molar-refractivity contribution in [3.63, 3.8) is 0 Å². The molecule has 0 aromatic heterocycles. The van der Waals surface area contributed by atoms with Gasteiger partial charge in [0, 0.05) is 31.5 Å². The summed E-state index contributed by atoms with van der Waals surface area (Å²) in [5.74, 6) is 0.404. The van der Waals surface area contributed by atoms with Crippen molar-refractivity contribution in [1.82, 2.24) is 4.90 Å². The van der Waals surface area contributed by atoms with Gasteiger partial charge in [-0.15, -0.1) is 0 Å². The first-order valence-corrected chi connectivity index (χ1v) is 8.14. The normalized spacial score (nSPS) is 26.9. The Labute approximate surface area is 127 Å².